The van der Waals surface area contributed by atoms with Crippen molar-refractivity contribution in [2.24, 2.45) is 11.8 Å². The molecule has 1 N–H and O–H groups in total. The molecule has 10 heteroatoms. The number of hydrogen-bond acceptors (Lipinski definition) is 4. The predicted molar refractivity (Wildman–Crippen MR) is 114 cm³/mol. The van der Waals surface area contributed by atoms with E-state index in [0.29, 0.717) is 35.9 Å². The molecule has 0 spiro atoms. The molecule has 0 radical (unpaired) electrons. The number of piperidine rings is 1. The van der Waals surface area contributed by atoms with Gasteiger partial charge in [-0.25, -0.2) is 4.52 Å². The SMILES string of the molecule is O=C1CN(C(=O)c2nn3c(C(F)(F)F)cc(C4CC4)cc3c2Cl)CC[C@@H]1C1CCC(O)CC1. The fourth-order valence-corrected chi connectivity index (χ4v) is 5.55. The first-order chi connectivity index (χ1) is 15.6. The largest absolute Gasteiger partial charge is 0.433 e. The normalized spacial score (nSPS) is 26.8. The van der Waals surface area contributed by atoms with Crippen LogP contribution in [0.4, 0.5) is 13.2 Å². The predicted octanol–water partition coefficient (Wildman–Crippen LogP) is 4.47. The minimum Gasteiger partial charge on any atom is -0.393 e. The number of carbonyl (C=O) groups is 2. The van der Waals surface area contributed by atoms with E-state index in [9.17, 15) is 27.9 Å². The van der Waals surface area contributed by atoms with E-state index < -0.39 is 17.8 Å². The number of likely N-dealkylation sites (tertiary alicyclic amines) is 1. The first kappa shape index (κ1) is 22.7. The maximum Gasteiger partial charge on any atom is 0.433 e. The van der Waals surface area contributed by atoms with Gasteiger partial charge in [-0.3, -0.25) is 9.59 Å². The standard InChI is InChI=1S/C23H25ClF3N3O3/c24-20-17-9-14(12-1-2-12)10-19(23(25,26)27)30(17)28-21(20)22(33)29-8-7-16(18(32)11-29)13-3-5-15(31)6-4-13/h9-10,12-13,15-16,31H,1-8,11H2/t13?,15?,16-/m1/s1. The second-order valence-electron chi connectivity index (χ2n) is 9.56. The zero-order chi connectivity index (χ0) is 23.5. The van der Waals surface area contributed by atoms with Crippen molar-refractivity contribution < 1.29 is 27.9 Å². The number of nitrogens with zero attached hydrogens (tertiary/aromatic N) is 3. The summed E-state index contributed by atoms with van der Waals surface area (Å²) in [5.74, 6) is -0.569. The molecule has 0 unspecified atom stereocenters. The number of amides is 1. The Balaban J connectivity index is 1.40. The lowest BCUT2D eigenvalue weighted by Crippen LogP contribution is -2.47. The average Bonchev–Trinajstić information content (AvgIpc) is 3.57. The van der Waals surface area contributed by atoms with Crippen LogP contribution in [0.15, 0.2) is 12.1 Å². The number of Topliss-reactive ketones (excluding diaryl/α,β-unsaturated/α-hetero) is 1. The maximum absolute atomic E-state index is 13.7. The van der Waals surface area contributed by atoms with E-state index in [2.05, 4.69) is 5.10 Å². The number of pyridine rings is 1. The maximum atomic E-state index is 13.7. The van der Waals surface area contributed by atoms with Gasteiger partial charge >= 0.3 is 6.18 Å². The number of fused-ring (bicyclic) bond motifs is 1. The Morgan fingerprint density at radius 1 is 1.09 bits per heavy atom. The van der Waals surface area contributed by atoms with Gasteiger partial charge in [-0.1, -0.05) is 11.6 Å². The van der Waals surface area contributed by atoms with Crippen molar-refractivity contribution in [2.75, 3.05) is 13.1 Å². The highest BCUT2D eigenvalue weighted by atomic mass is 35.5. The lowest BCUT2D eigenvalue weighted by Gasteiger charge is -2.37. The van der Waals surface area contributed by atoms with Gasteiger partial charge < -0.3 is 10.0 Å². The van der Waals surface area contributed by atoms with E-state index in [1.54, 1.807) is 6.07 Å². The molecule has 2 aliphatic carbocycles. The summed E-state index contributed by atoms with van der Waals surface area (Å²) in [6, 6.07) is 2.66. The van der Waals surface area contributed by atoms with Gasteiger partial charge in [-0.15, -0.1) is 0 Å². The smallest absolute Gasteiger partial charge is 0.393 e. The number of aliphatic hydroxyl groups excluding tert-OH is 1. The third kappa shape index (κ3) is 4.25. The summed E-state index contributed by atoms with van der Waals surface area (Å²) in [6.45, 7) is 0.212. The van der Waals surface area contributed by atoms with E-state index >= 15 is 0 Å². The van der Waals surface area contributed by atoms with Crippen LogP contribution in [0.5, 0.6) is 0 Å². The summed E-state index contributed by atoms with van der Waals surface area (Å²) in [5, 5.41) is 13.5. The van der Waals surface area contributed by atoms with Crippen LogP contribution < -0.4 is 0 Å². The molecule has 0 aromatic carbocycles. The molecule has 1 saturated heterocycles. The molecule has 2 aromatic rings. The van der Waals surface area contributed by atoms with Crippen molar-refractivity contribution in [3.8, 4) is 0 Å². The van der Waals surface area contributed by atoms with Crippen LogP contribution >= 0.6 is 11.6 Å². The highest BCUT2D eigenvalue weighted by Crippen LogP contribution is 2.43. The number of carbonyl (C=O) groups excluding carboxylic acids is 2. The van der Waals surface area contributed by atoms with Gasteiger partial charge in [0.05, 0.1) is 23.2 Å². The Bertz CT molecular complexity index is 1100. The van der Waals surface area contributed by atoms with E-state index in [0.717, 1.165) is 31.7 Å². The summed E-state index contributed by atoms with van der Waals surface area (Å²) < 4.78 is 41.8. The van der Waals surface area contributed by atoms with Crippen molar-refractivity contribution in [1.82, 2.24) is 14.5 Å². The van der Waals surface area contributed by atoms with E-state index in [1.165, 1.54) is 4.90 Å². The fourth-order valence-electron chi connectivity index (χ4n) is 5.30. The van der Waals surface area contributed by atoms with Gasteiger partial charge in [0.15, 0.2) is 11.5 Å². The zero-order valence-corrected chi connectivity index (χ0v) is 18.7. The van der Waals surface area contributed by atoms with Gasteiger partial charge in [-0.2, -0.15) is 18.3 Å². The van der Waals surface area contributed by atoms with Crippen molar-refractivity contribution in [3.63, 3.8) is 0 Å². The summed E-state index contributed by atoms with van der Waals surface area (Å²) in [7, 11) is 0. The monoisotopic (exact) mass is 483 g/mol. The molecule has 1 atom stereocenters. The summed E-state index contributed by atoms with van der Waals surface area (Å²) in [6.07, 6.45) is 0.107. The Morgan fingerprint density at radius 3 is 2.39 bits per heavy atom. The second kappa shape index (κ2) is 8.27. The number of rotatable bonds is 3. The summed E-state index contributed by atoms with van der Waals surface area (Å²) >= 11 is 6.38. The number of alkyl halides is 3. The molecule has 5 rings (SSSR count). The molecule has 3 aliphatic rings. The number of aromatic nitrogens is 2. The van der Waals surface area contributed by atoms with Crippen LogP contribution in [0.3, 0.4) is 0 Å². The molecule has 2 aromatic heterocycles. The van der Waals surface area contributed by atoms with Crippen molar-refractivity contribution >= 4 is 28.8 Å². The van der Waals surface area contributed by atoms with Gasteiger partial charge in [0.25, 0.3) is 5.91 Å². The fraction of sp³-hybridized carbons (Fsp3) is 0.609. The first-order valence-corrected chi connectivity index (χ1v) is 11.8. The van der Waals surface area contributed by atoms with Gasteiger partial charge in [0, 0.05) is 12.5 Å². The number of halogens is 4. The highest BCUT2D eigenvalue weighted by molar-refractivity contribution is 6.36. The lowest BCUT2D eigenvalue weighted by atomic mass is 9.74. The Morgan fingerprint density at radius 2 is 1.79 bits per heavy atom. The van der Waals surface area contributed by atoms with Crippen molar-refractivity contribution in [3.05, 3.63) is 34.1 Å². The van der Waals surface area contributed by atoms with Gasteiger partial charge in [0.1, 0.15) is 5.69 Å². The van der Waals surface area contributed by atoms with Crippen LogP contribution in [-0.2, 0) is 11.0 Å². The van der Waals surface area contributed by atoms with Crippen molar-refractivity contribution in [2.45, 2.75) is 63.1 Å². The molecule has 178 valence electrons. The number of aliphatic hydroxyl groups is 1. The number of ketones is 1. The number of hydrogen-bond donors (Lipinski definition) is 1. The molecule has 33 heavy (non-hydrogen) atoms. The Hall–Kier alpha value is -2.13. The first-order valence-electron chi connectivity index (χ1n) is 11.4. The average molecular weight is 484 g/mol. The van der Waals surface area contributed by atoms with Gasteiger partial charge in [-0.05, 0) is 74.5 Å². The van der Waals surface area contributed by atoms with Crippen LogP contribution in [0.25, 0.3) is 5.52 Å². The quantitative estimate of drug-likeness (QED) is 0.699. The van der Waals surface area contributed by atoms with Crippen LogP contribution in [0.1, 0.15) is 72.6 Å². The molecule has 3 fully saturated rings. The minimum absolute atomic E-state index is 0.0529. The van der Waals surface area contributed by atoms with E-state index in [4.69, 9.17) is 11.6 Å². The summed E-state index contributed by atoms with van der Waals surface area (Å²) in [4.78, 5) is 27.3. The second-order valence-corrected chi connectivity index (χ2v) is 9.94. The Labute approximate surface area is 193 Å². The molecule has 1 aliphatic heterocycles. The zero-order valence-electron chi connectivity index (χ0n) is 17.9. The van der Waals surface area contributed by atoms with Crippen LogP contribution in [0.2, 0.25) is 5.02 Å². The molecular weight excluding hydrogens is 459 g/mol. The summed E-state index contributed by atoms with van der Waals surface area (Å²) in [5.41, 5.74) is -0.623. The lowest BCUT2D eigenvalue weighted by molar-refractivity contribution is -0.142. The van der Waals surface area contributed by atoms with Crippen LogP contribution in [-0.4, -0.2) is 50.5 Å². The molecule has 2 saturated carbocycles. The molecule has 0 bridgehead atoms. The van der Waals surface area contributed by atoms with Crippen molar-refractivity contribution in [1.29, 1.82) is 0 Å². The van der Waals surface area contributed by atoms with Gasteiger partial charge in [0.2, 0.25) is 0 Å². The molecular formula is C23H25ClF3N3O3. The third-order valence-electron chi connectivity index (χ3n) is 7.31. The Kier molecular flexibility index (Phi) is 5.68. The van der Waals surface area contributed by atoms with Crippen LogP contribution in [0, 0.1) is 11.8 Å². The van der Waals surface area contributed by atoms with E-state index in [-0.39, 0.29) is 52.4 Å². The third-order valence-corrected chi connectivity index (χ3v) is 7.68. The molecule has 1 amide bonds. The minimum atomic E-state index is -4.65. The highest BCUT2D eigenvalue weighted by Gasteiger charge is 2.40. The molecule has 3 heterocycles. The van der Waals surface area contributed by atoms with E-state index in [1.807, 2.05) is 0 Å². The topological polar surface area (TPSA) is 74.9 Å². The molecule has 6 nitrogen and oxygen atoms in total.